The number of carbonyl (C=O) groups is 1. The second-order valence-electron chi connectivity index (χ2n) is 6.87. The number of benzene rings is 1. The van der Waals surface area contributed by atoms with Crippen molar-refractivity contribution in [2.24, 2.45) is 0 Å². The Hall–Kier alpha value is -2.11. The van der Waals surface area contributed by atoms with Crippen LogP contribution < -0.4 is 15.0 Å². The van der Waals surface area contributed by atoms with Crippen molar-refractivity contribution < 1.29 is 14.3 Å². The van der Waals surface area contributed by atoms with Gasteiger partial charge in [0.2, 0.25) is 0 Å². The smallest absolute Gasteiger partial charge is 0.410 e. The van der Waals surface area contributed by atoms with Crippen LogP contribution in [0.3, 0.4) is 0 Å². The normalized spacial score (nSPS) is 15.2. The zero-order valence-corrected chi connectivity index (χ0v) is 15.4. The molecule has 0 unspecified atom stereocenters. The maximum absolute atomic E-state index is 12.1. The van der Waals surface area contributed by atoms with Gasteiger partial charge in [-0.25, -0.2) is 4.79 Å². The van der Waals surface area contributed by atoms with Crippen molar-refractivity contribution in [1.29, 1.82) is 0 Å². The predicted octanol–water partition coefficient (Wildman–Crippen LogP) is 3.18. The van der Waals surface area contributed by atoms with E-state index in [1.807, 2.05) is 32.9 Å². The Morgan fingerprint density at radius 2 is 1.88 bits per heavy atom. The zero-order chi connectivity index (χ0) is 17.7. The van der Waals surface area contributed by atoms with Gasteiger partial charge in [0.05, 0.1) is 12.8 Å². The minimum atomic E-state index is -0.455. The van der Waals surface area contributed by atoms with Crippen LogP contribution in [0.15, 0.2) is 18.2 Å². The highest BCUT2D eigenvalue weighted by atomic mass is 16.6. The van der Waals surface area contributed by atoms with Crippen molar-refractivity contribution in [2.45, 2.75) is 33.3 Å². The van der Waals surface area contributed by atoms with E-state index in [0.29, 0.717) is 13.1 Å². The maximum Gasteiger partial charge on any atom is 0.410 e. The number of methoxy groups -OCH3 is 1. The number of ether oxygens (including phenoxy) is 2. The van der Waals surface area contributed by atoms with Crippen LogP contribution >= 0.6 is 0 Å². The topological polar surface area (TPSA) is 54.0 Å². The molecule has 0 aliphatic carbocycles. The number of anilines is 2. The molecule has 134 valence electrons. The monoisotopic (exact) mass is 335 g/mol. The van der Waals surface area contributed by atoms with Crippen LogP contribution in [0, 0.1) is 0 Å². The Kier molecular flexibility index (Phi) is 5.80. The molecule has 1 aliphatic heterocycles. The average Bonchev–Trinajstić information content (AvgIpc) is 2.54. The number of nitrogens with zero attached hydrogens (tertiary/aromatic N) is 2. The van der Waals surface area contributed by atoms with Gasteiger partial charge in [-0.05, 0) is 39.8 Å². The third-order valence-corrected chi connectivity index (χ3v) is 3.85. The highest BCUT2D eigenvalue weighted by Crippen LogP contribution is 2.30. The Morgan fingerprint density at radius 3 is 2.42 bits per heavy atom. The van der Waals surface area contributed by atoms with Gasteiger partial charge in [-0.15, -0.1) is 0 Å². The first-order valence-electron chi connectivity index (χ1n) is 8.49. The van der Waals surface area contributed by atoms with E-state index in [9.17, 15) is 4.79 Å². The number of rotatable bonds is 4. The lowest BCUT2D eigenvalue weighted by molar-refractivity contribution is 0.0240. The summed E-state index contributed by atoms with van der Waals surface area (Å²) in [5.41, 5.74) is 1.65. The molecule has 1 saturated heterocycles. The standard InChI is InChI=1S/C18H29N3O3/c1-6-19-15-8-7-14(13-16(15)23-5)20-9-11-21(12-10-20)17(22)24-18(2,3)4/h7-8,13,19H,6,9-12H2,1-5H3. The Bertz CT molecular complexity index is 561. The van der Waals surface area contributed by atoms with Gasteiger partial charge < -0.3 is 24.6 Å². The summed E-state index contributed by atoms with van der Waals surface area (Å²) >= 11 is 0. The molecule has 0 aromatic heterocycles. The van der Waals surface area contributed by atoms with Gasteiger partial charge in [0.1, 0.15) is 11.4 Å². The van der Waals surface area contributed by atoms with Crippen LogP contribution in [0.4, 0.5) is 16.2 Å². The van der Waals surface area contributed by atoms with Gasteiger partial charge in [-0.1, -0.05) is 0 Å². The molecule has 1 N–H and O–H groups in total. The van der Waals surface area contributed by atoms with Crippen LogP contribution in [-0.4, -0.2) is 56.4 Å². The Morgan fingerprint density at radius 1 is 1.21 bits per heavy atom. The molecule has 0 bridgehead atoms. The van der Waals surface area contributed by atoms with Crippen LogP contribution in [0.1, 0.15) is 27.7 Å². The molecule has 6 nitrogen and oxygen atoms in total. The summed E-state index contributed by atoms with van der Waals surface area (Å²) in [6.45, 7) is 11.5. The molecule has 0 atom stereocenters. The molecule has 1 fully saturated rings. The Balaban J connectivity index is 1.98. The molecule has 0 saturated carbocycles. The summed E-state index contributed by atoms with van der Waals surface area (Å²) in [7, 11) is 1.68. The average molecular weight is 335 g/mol. The molecule has 2 rings (SSSR count). The van der Waals surface area contributed by atoms with Gasteiger partial charge in [0.25, 0.3) is 0 Å². The van der Waals surface area contributed by atoms with Gasteiger partial charge in [-0.2, -0.15) is 0 Å². The van der Waals surface area contributed by atoms with E-state index in [0.717, 1.165) is 36.8 Å². The van der Waals surface area contributed by atoms with E-state index in [-0.39, 0.29) is 6.09 Å². The van der Waals surface area contributed by atoms with Gasteiger partial charge in [0.15, 0.2) is 0 Å². The molecule has 24 heavy (non-hydrogen) atoms. The fourth-order valence-electron chi connectivity index (χ4n) is 2.69. The molecule has 1 amide bonds. The van der Waals surface area contributed by atoms with Crippen molar-refractivity contribution >= 4 is 17.5 Å². The maximum atomic E-state index is 12.1. The number of carbonyl (C=O) groups excluding carboxylic acids is 1. The second-order valence-corrected chi connectivity index (χ2v) is 6.87. The zero-order valence-electron chi connectivity index (χ0n) is 15.4. The summed E-state index contributed by atoms with van der Waals surface area (Å²) in [4.78, 5) is 16.2. The molecule has 1 aromatic carbocycles. The van der Waals surface area contributed by atoms with Crippen molar-refractivity contribution in [1.82, 2.24) is 4.90 Å². The fourth-order valence-corrected chi connectivity index (χ4v) is 2.69. The molecule has 1 heterocycles. The highest BCUT2D eigenvalue weighted by molar-refractivity contribution is 5.69. The summed E-state index contributed by atoms with van der Waals surface area (Å²) in [6.07, 6.45) is -0.234. The summed E-state index contributed by atoms with van der Waals surface area (Å²) in [5, 5.41) is 3.29. The highest BCUT2D eigenvalue weighted by Gasteiger charge is 2.26. The SMILES string of the molecule is CCNc1ccc(N2CCN(C(=O)OC(C)(C)C)CC2)cc1OC. The summed E-state index contributed by atoms with van der Waals surface area (Å²) in [6, 6.07) is 6.17. The summed E-state index contributed by atoms with van der Waals surface area (Å²) in [5.74, 6) is 0.837. The first-order chi connectivity index (χ1) is 11.3. The largest absolute Gasteiger partial charge is 0.495 e. The van der Waals surface area contributed by atoms with E-state index in [1.54, 1.807) is 12.0 Å². The van der Waals surface area contributed by atoms with Crippen LogP contribution in [-0.2, 0) is 4.74 Å². The lowest BCUT2D eigenvalue weighted by atomic mass is 10.2. The van der Waals surface area contributed by atoms with Crippen molar-refractivity contribution in [3.63, 3.8) is 0 Å². The van der Waals surface area contributed by atoms with Crippen molar-refractivity contribution in [3.8, 4) is 5.75 Å². The van der Waals surface area contributed by atoms with E-state index in [2.05, 4.69) is 23.2 Å². The fraction of sp³-hybridized carbons (Fsp3) is 0.611. The minimum Gasteiger partial charge on any atom is -0.495 e. The lowest BCUT2D eigenvalue weighted by Gasteiger charge is -2.37. The molecule has 0 radical (unpaired) electrons. The quantitative estimate of drug-likeness (QED) is 0.916. The van der Waals surface area contributed by atoms with Crippen molar-refractivity contribution in [3.05, 3.63) is 18.2 Å². The molecule has 1 aromatic rings. The number of hydrogen-bond acceptors (Lipinski definition) is 5. The number of hydrogen-bond donors (Lipinski definition) is 1. The van der Waals surface area contributed by atoms with Gasteiger partial charge in [0, 0.05) is 44.5 Å². The first-order valence-corrected chi connectivity index (χ1v) is 8.49. The van der Waals surface area contributed by atoms with E-state index >= 15 is 0 Å². The van der Waals surface area contributed by atoms with E-state index in [4.69, 9.17) is 9.47 Å². The Labute approximate surface area is 144 Å². The number of piperazine rings is 1. The van der Waals surface area contributed by atoms with Gasteiger partial charge >= 0.3 is 6.09 Å². The van der Waals surface area contributed by atoms with E-state index in [1.165, 1.54) is 0 Å². The molecule has 6 heteroatoms. The van der Waals surface area contributed by atoms with Crippen LogP contribution in [0.5, 0.6) is 5.75 Å². The van der Waals surface area contributed by atoms with Gasteiger partial charge in [-0.3, -0.25) is 0 Å². The first kappa shape index (κ1) is 18.2. The molecular weight excluding hydrogens is 306 g/mol. The lowest BCUT2D eigenvalue weighted by Crippen LogP contribution is -2.50. The van der Waals surface area contributed by atoms with E-state index < -0.39 is 5.60 Å². The third-order valence-electron chi connectivity index (χ3n) is 3.85. The molecule has 1 aliphatic rings. The van der Waals surface area contributed by atoms with Crippen molar-refractivity contribution in [2.75, 3.05) is 50.1 Å². The second kappa shape index (κ2) is 7.64. The van der Waals surface area contributed by atoms with Crippen LogP contribution in [0.25, 0.3) is 0 Å². The van der Waals surface area contributed by atoms with Crippen LogP contribution in [0.2, 0.25) is 0 Å². The minimum absolute atomic E-state index is 0.234. The number of nitrogens with one attached hydrogen (secondary N) is 1. The predicted molar refractivity (Wildman–Crippen MR) is 97.2 cm³/mol. The third kappa shape index (κ3) is 4.69. The summed E-state index contributed by atoms with van der Waals surface area (Å²) < 4.78 is 10.9. The molecular formula is C18H29N3O3. The number of amides is 1. The molecule has 0 spiro atoms.